The molecule has 0 radical (unpaired) electrons. The Bertz CT molecular complexity index is 375. The molecule has 0 bridgehead atoms. The maximum atomic E-state index is 12.3. The Morgan fingerprint density at radius 3 is 2.26 bits per heavy atom. The molecule has 0 spiro atoms. The number of nitrogens with zero attached hydrogens (tertiary/aromatic N) is 1. The fraction of sp³-hybridized carbons (Fsp3) is 1.00. The molecule has 0 aromatic heterocycles. The zero-order valence-electron chi connectivity index (χ0n) is 10.9. The first-order valence-corrected chi connectivity index (χ1v) is 8.15. The first-order valence-electron chi connectivity index (χ1n) is 6.33. The maximum absolute atomic E-state index is 12.3. The molecule has 1 unspecified atom stereocenters. The van der Waals surface area contributed by atoms with E-state index in [1.807, 2.05) is 4.90 Å². The minimum absolute atomic E-state index is 0.0377. The Morgan fingerprint density at radius 1 is 1.32 bits per heavy atom. The molecule has 19 heavy (non-hydrogen) atoms. The minimum Gasteiger partial charge on any atom is -0.383 e. The highest BCUT2D eigenvalue weighted by Gasteiger charge is 2.44. The Hall–Kier alpha value is -0.340. The number of sulfone groups is 1. The van der Waals surface area contributed by atoms with Crippen LogP contribution in [0.5, 0.6) is 0 Å². The van der Waals surface area contributed by atoms with E-state index in [1.165, 1.54) is 0 Å². The van der Waals surface area contributed by atoms with Gasteiger partial charge in [0.2, 0.25) is 0 Å². The van der Waals surface area contributed by atoms with E-state index in [0.717, 1.165) is 0 Å². The van der Waals surface area contributed by atoms with Crippen LogP contribution in [0.2, 0.25) is 0 Å². The van der Waals surface area contributed by atoms with Crippen molar-refractivity contribution < 1.29 is 26.7 Å². The normalized spacial score (nSPS) is 21.5. The fourth-order valence-electron chi connectivity index (χ4n) is 2.17. The summed E-state index contributed by atoms with van der Waals surface area (Å²) in [7, 11) is -3.04. The van der Waals surface area contributed by atoms with E-state index in [1.54, 1.807) is 6.92 Å². The van der Waals surface area contributed by atoms with Crippen molar-refractivity contribution in [3.8, 4) is 0 Å². The summed E-state index contributed by atoms with van der Waals surface area (Å²) in [5, 5.41) is 9.15. The molecule has 1 aliphatic heterocycles. The van der Waals surface area contributed by atoms with Crippen molar-refractivity contribution in [1.29, 1.82) is 0 Å². The van der Waals surface area contributed by atoms with Gasteiger partial charge in [-0.25, -0.2) is 8.42 Å². The molecule has 0 aromatic carbocycles. The molecule has 0 saturated carbocycles. The first kappa shape index (κ1) is 16.7. The Balaban J connectivity index is 2.37. The van der Waals surface area contributed by atoms with Crippen molar-refractivity contribution in [3.05, 3.63) is 0 Å². The molecule has 1 aliphatic rings. The summed E-state index contributed by atoms with van der Waals surface area (Å²) >= 11 is 0. The molecule has 1 rings (SSSR count). The predicted octanol–water partition coefficient (Wildman–Crippen LogP) is 1.06. The van der Waals surface area contributed by atoms with E-state index >= 15 is 0 Å². The lowest BCUT2D eigenvalue weighted by molar-refractivity contribution is -0.223. The smallest absolute Gasteiger partial charge is 0.383 e. The summed E-state index contributed by atoms with van der Waals surface area (Å²) in [6.07, 6.45) is -6.35. The summed E-state index contributed by atoms with van der Waals surface area (Å²) in [5.74, 6) is -0.661. The molecule has 1 heterocycles. The van der Waals surface area contributed by atoms with Gasteiger partial charge in [0.25, 0.3) is 0 Å². The standard InChI is InChI=1S/C11H20F3NO3S/c1-2-19(17,18)8-7-15-5-3-9(4-6-15)10(16)11(12,13)14/h9-10,16H,2-8H2,1H3. The Labute approximate surface area is 111 Å². The van der Waals surface area contributed by atoms with Crippen LogP contribution in [0.25, 0.3) is 0 Å². The predicted molar refractivity (Wildman–Crippen MR) is 65.6 cm³/mol. The fourth-order valence-corrected chi connectivity index (χ4v) is 3.00. The lowest BCUT2D eigenvalue weighted by atomic mass is 9.91. The van der Waals surface area contributed by atoms with Crippen LogP contribution >= 0.6 is 0 Å². The number of rotatable bonds is 5. The lowest BCUT2D eigenvalue weighted by Gasteiger charge is -2.34. The quantitative estimate of drug-likeness (QED) is 0.825. The second-order valence-corrected chi connectivity index (χ2v) is 7.37. The topological polar surface area (TPSA) is 57.6 Å². The largest absolute Gasteiger partial charge is 0.414 e. The molecule has 1 atom stereocenters. The van der Waals surface area contributed by atoms with Crippen molar-refractivity contribution in [3.63, 3.8) is 0 Å². The van der Waals surface area contributed by atoms with Crippen molar-refractivity contribution in [2.24, 2.45) is 5.92 Å². The van der Waals surface area contributed by atoms with Crippen LogP contribution in [0.1, 0.15) is 19.8 Å². The molecule has 1 N–H and O–H groups in total. The Morgan fingerprint density at radius 2 is 1.84 bits per heavy atom. The highest BCUT2D eigenvalue weighted by atomic mass is 32.2. The molecule has 114 valence electrons. The number of hydrogen-bond donors (Lipinski definition) is 1. The summed E-state index contributed by atoms with van der Waals surface area (Å²) in [6, 6.07) is 0. The third-order valence-corrected chi connectivity index (χ3v) is 5.26. The first-order chi connectivity index (χ1) is 8.65. The second kappa shape index (κ2) is 6.41. The highest BCUT2D eigenvalue weighted by molar-refractivity contribution is 7.91. The average molecular weight is 303 g/mol. The van der Waals surface area contributed by atoms with Gasteiger partial charge in [-0.2, -0.15) is 13.2 Å². The van der Waals surface area contributed by atoms with Gasteiger partial charge in [-0.3, -0.25) is 0 Å². The number of piperidine rings is 1. The maximum Gasteiger partial charge on any atom is 0.414 e. The van der Waals surface area contributed by atoms with E-state index in [2.05, 4.69) is 0 Å². The molecule has 4 nitrogen and oxygen atoms in total. The number of halogens is 3. The molecule has 0 aliphatic carbocycles. The molecule has 8 heteroatoms. The van der Waals surface area contributed by atoms with Gasteiger partial charge < -0.3 is 10.0 Å². The third kappa shape index (κ3) is 5.27. The van der Waals surface area contributed by atoms with Crippen LogP contribution < -0.4 is 0 Å². The monoisotopic (exact) mass is 303 g/mol. The number of hydrogen-bond acceptors (Lipinski definition) is 4. The number of aliphatic hydroxyl groups excluding tert-OH is 1. The zero-order valence-corrected chi connectivity index (χ0v) is 11.7. The van der Waals surface area contributed by atoms with Gasteiger partial charge in [-0.15, -0.1) is 0 Å². The summed E-state index contributed by atoms with van der Waals surface area (Å²) < 4.78 is 59.7. The molecule has 0 amide bonds. The molecular formula is C11H20F3NO3S. The SMILES string of the molecule is CCS(=O)(=O)CCN1CCC(C(O)C(F)(F)F)CC1. The van der Waals surface area contributed by atoms with Crippen LogP contribution in [0, 0.1) is 5.92 Å². The van der Waals surface area contributed by atoms with E-state index in [0.29, 0.717) is 19.6 Å². The zero-order chi connectivity index (χ0) is 14.7. The summed E-state index contributed by atoms with van der Waals surface area (Å²) in [4.78, 5) is 1.84. The van der Waals surface area contributed by atoms with E-state index in [-0.39, 0.29) is 24.3 Å². The van der Waals surface area contributed by atoms with Gasteiger partial charge in [-0.1, -0.05) is 6.92 Å². The number of likely N-dealkylation sites (tertiary alicyclic amines) is 1. The Kier molecular flexibility index (Phi) is 5.64. The average Bonchev–Trinajstić information content (AvgIpc) is 2.35. The van der Waals surface area contributed by atoms with Gasteiger partial charge in [0.15, 0.2) is 15.9 Å². The van der Waals surface area contributed by atoms with Gasteiger partial charge in [0.05, 0.1) is 5.75 Å². The molecule has 1 saturated heterocycles. The summed E-state index contributed by atoms with van der Waals surface area (Å²) in [5.41, 5.74) is 0. The van der Waals surface area contributed by atoms with E-state index < -0.39 is 28.0 Å². The van der Waals surface area contributed by atoms with Gasteiger partial charge in [0.1, 0.15) is 0 Å². The van der Waals surface area contributed by atoms with Gasteiger partial charge in [-0.05, 0) is 31.8 Å². The summed E-state index contributed by atoms with van der Waals surface area (Å²) in [6.45, 7) is 2.72. The van der Waals surface area contributed by atoms with Gasteiger partial charge in [0, 0.05) is 12.3 Å². The minimum atomic E-state index is -4.57. The number of aliphatic hydroxyl groups is 1. The molecular weight excluding hydrogens is 283 g/mol. The van der Waals surface area contributed by atoms with Crippen LogP contribution in [-0.2, 0) is 9.84 Å². The van der Waals surface area contributed by atoms with Crippen molar-refractivity contribution in [2.45, 2.75) is 32.0 Å². The van der Waals surface area contributed by atoms with Crippen LogP contribution in [0.3, 0.4) is 0 Å². The van der Waals surface area contributed by atoms with Gasteiger partial charge >= 0.3 is 6.18 Å². The van der Waals surface area contributed by atoms with E-state index in [9.17, 15) is 21.6 Å². The lowest BCUT2D eigenvalue weighted by Crippen LogP contribution is -2.44. The highest BCUT2D eigenvalue weighted by Crippen LogP contribution is 2.31. The van der Waals surface area contributed by atoms with Crippen LogP contribution in [-0.4, -0.2) is 61.8 Å². The van der Waals surface area contributed by atoms with Crippen LogP contribution in [0.4, 0.5) is 13.2 Å². The van der Waals surface area contributed by atoms with Crippen molar-refractivity contribution >= 4 is 9.84 Å². The molecule has 1 fully saturated rings. The van der Waals surface area contributed by atoms with Crippen LogP contribution in [0.15, 0.2) is 0 Å². The third-order valence-electron chi connectivity index (χ3n) is 3.57. The number of alkyl halides is 3. The second-order valence-electron chi connectivity index (χ2n) is 4.90. The van der Waals surface area contributed by atoms with Crippen molar-refractivity contribution in [2.75, 3.05) is 31.1 Å². The van der Waals surface area contributed by atoms with E-state index in [4.69, 9.17) is 5.11 Å². The molecule has 0 aromatic rings. The van der Waals surface area contributed by atoms with Crippen molar-refractivity contribution in [1.82, 2.24) is 4.90 Å².